The first-order valence-corrected chi connectivity index (χ1v) is 11.6. The van der Waals surface area contributed by atoms with E-state index in [0.717, 1.165) is 10.9 Å². The van der Waals surface area contributed by atoms with Gasteiger partial charge in [0.1, 0.15) is 18.1 Å². The summed E-state index contributed by atoms with van der Waals surface area (Å²) >= 11 is 0. The molecule has 0 bridgehead atoms. The Labute approximate surface area is 207 Å². The highest BCUT2D eigenvalue weighted by atomic mass is 16.4. The van der Waals surface area contributed by atoms with Crippen LogP contribution in [0.4, 0.5) is 0 Å². The number of carboxylic acids is 1. The van der Waals surface area contributed by atoms with Gasteiger partial charge >= 0.3 is 5.97 Å². The van der Waals surface area contributed by atoms with E-state index in [1.54, 1.807) is 12.3 Å². The summed E-state index contributed by atoms with van der Waals surface area (Å²) in [5.74, 6) is -3.83. The summed E-state index contributed by atoms with van der Waals surface area (Å²) in [7, 11) is 0. The van der Waals surface area contributed by atoms with Gasteiger partial charge in [-0.15, -0.1) is 0 Å². The molecule has 13 nitrogen and oxygen atoms in total. The highest BCUT2D eigenvalue weighted by Gasteiger charge is 2.30. The van der Waals surface area contributed by atoms with Crippen molar-refractivity contribution in [3.8, 4) is 0 Å². The van der Waals surface area contributed by atoms with Gasteiger partial charge in [0.25, 0.3) is 0 Å². The Kier molecular flexibility index (Phi) is 11.3. The summed E-state index contributed by atoms with van der Waals surface area (Å²) in [5.41, 5.74) is 12.7. The minimum Gasteiger partial charge on any atom is -0.480 e. The van der Waals surface area contributed by atoms with Crippen LogP contribution in [-0.4, -0.2) is 87.9 Å². The van der Waals surface area contributed by atoms with E-state index in [1.807, 2.05) is 18.2 Å². The Bertz CT molecular complexity index is 1040. The fourth-order valence-corrected chi connectivity index (χ4v) is 3.57. The van der Waals surface area contributed by atoms with Crippen LogP contribution in [0, 0.1) is 0 Å². The number of carbonyl (C=O) groups is 4. The van der Waals surface area contributed by atoms with Crippen LogP contribution < -0.4 is 27.4 Å². The number of nitrogens with two attached hydrogens (primary N) is 2. The van der Waals surface area contributed by atoms with E-state index in [2.05, 4.69) is 20.9 Å². The van der Waals surface area contributed by atoms with Crippen molar-refractivity contribution in [3.63, 3.8) is 0 Å². The smallest absolute Gasteiger partial charge is 0.328 e. The van der Waals surface area contributed by atoms with Gasteiger partial charge in [0.05, 0.1) is 19.3 Å². The van der Waals surface area contributed by atoms with E-state index in [0.29, 0.717) is 31.4 Å². The zero-order valence-electron chi connectivity index (χ0n) is 19.8. The highest BCUT2D eigenvalue weighted by Crippen LogP contribution is 2.19. The molecule has 11 N–H and O–H groups in total. The second kappa shape index (κ2) is 14.1. The first-order valence-electron chi connectivity index (χ1n) is 11.6. The molecular formula is C23H34N6O7. The third-order valence-electron chi connectivity index (χ3n) is 5.65. The maximum atomic E-state index is 12.9. The minimum atomic E-state index is -1.58. The lowest BCUT2D eigenvalue weighted by Gasteiger charge is -2.24. The van der Waals surface area contributed by atoms with Crippen LogP contribution in [0.3, 0.4) is 0 Å². The number of aliphatic carboxylic acids is 1. The number of hydrogen-bond acceptors (Lipinski definition) is 8. The number of para-hydroxylation sites is 1. The van der Waals surface area contributed by atoms with Crippen molar-refractivity contribution < 1.29 is 34.5 Å². The summed E-state index contributed by atoms with van der Waals surface area (Å²) in [4.78, 5) is 52.5. The normalized spacial score (nSPS) is 14.4. The number of amides is 3. The molecule has 0 radical (unpaired) electrons. The topological polar surface area (TPSA) is 233 Å². The molecule has 1 heterocycles. The number of carboxylic acid groups (broad SMARTS) is 1. The van der Waals surface area contributed by atoms with Gasteiger partial charge in [0.15, 0.2) is 0 Å². The van der Waals surface area contributed by atoms with Crippen molar-refractivity contribution in [3.05, 3.63) is 36.0 Å². The number of aromatic nitrogens is 1. The first kappa shape index (κ1) is 28.7. The van der Waals surface area contributed by atoms with Crippen LogP contribution in [-0.2, 0) is 25.6 Å². The number of rotatable bonds is 15. The molecule has 0 aliphatic rings. The Hall–Kier alpha value is -3.52. The molecule has 0 saturated carbocycles. The fourth-order valence-electron chi connectivity index (χ4n) is 3.57. The van der Waals surface area contributed by atoms with E-state index in [9.17, 15) is 34.5 Å². The predicted molar refractivity (Wildman–Crippen MR) is 130 cm³/mol. The molecule has 4 unspecified atom stereocenters. The number of unbranched alkanes of at least 4 members (excludes halogenated alkanes) is 1. The average molecular weight is 507 g/mol. The molecule has 1 aromatic carbocycles. The minimum absolute atomic E-state index is 0.0376. The van der Waals surface area contributed by atoms with Crippen LogP contribution in [0.15, 0.2) is 30.5 Å². The summed E-state index contributed by atoms with van der Waals surface area (Å²) in [6.45, 7) is -1.16. The van der Waals surface area contributed by atoms with Crippen LogP contribution >= 0.6 is 0 Å². The molecule has 3 amide bonds. The number of H-pyrrole nitrogens is 1. The van der Waals surface area contributed by atoms with Crippen molar-refractivity contribution in [2.45, 2.75) is 49.9 Å². The summed E-state index contributed by atoms with van der Waals surface area (Å²) < 4.78 is 0. The van der Waals surface area contributed by atoms with E-state index in [4.69, 9.17) is 11.5 Å². The van der Waals surface area contributed by atoms with Gasteiger partial charge < -0.3 is 47.7 Å². The van der Waals surface area contributed by atoms with Crippen molar-refractivity contribution >= 4 is 34.6 Å². The molecule has 0 spiro atoms. The van der Waals surface area contributed by atoms with E-state index >= 15 is 0 Å². The van der Waals surface area contributed by atoms with Gasteiger partial charge in [-0.3, -0.25) is 14.4 Å². The first-order chi connectivity index (χ1) is 17.2. The number of aliphatic hydroxyl groups excluding tert-OH is 2. The zero-order valence-corrected chi connectivity index (χ0v) is 19.8. The number of hydrogen-bond donors (Lipinski definition) is 9. The molecule has 0 aliphatic heterocycles. The molecule has 0 aliphatic carbocycles. The zero-order chi connectivity index (χ0) is 26.7. The van der Waals surface area contributed by atoms with Crippen LogP contribution in [0.1, 0.15) is 24.8 Å². The molecule has 198 valence electrons. The quantitative estimate of drug-likeness (QED) is 0.118. The van der Waals surface area contributed by atoms with Crippen LogP contribution in [0.25, 0.3) is 10.9 Å². The van der Waals surface area contributed by atoms with Gasteiger partial charge in [-0.2, -0.15) is 0 Å². The van der Waals surface area contributed by atoms with Gasteiger partial charge in [0, 0.05) is 23.5 Å². The summed E-state index contributed by atoms with van der Waals surface area (Å²) in [5, 5.41) is 35.9. The van der Waals surface area contributed by atoms with Crippen molar-refractivity contribution in [2.24, 2.45) is 11.5 Å². The number of carbonyl (C=O) groups excluding carboxylic acids is 3. The van der Waals surface area contributed by atoms with Crippen molar-refractivity contribution in [1.82, 2.24) is 20.9 Å². The van der Waals surface area contributed by atoms with Gasteiger partial charge in [0.2, 0.25) is 17.7 Å². The Balaban J connectivity index is 2.18. The SMILES string of the molecule is NCCCCC(N)C(=O)NC(CO)C(=O)NC(Cc1c[nH]c2ccccc12)C(=O)NC(CO)C(=O)O. The molecular weight excluding hydrogens is 472 g/mol. The van der Waals surface area contributed by atoms with Crippen molar-refractivity contribution in [1.29, 1.82) is 0 Å². The molecule has 13 heteroatoms. The Morgan fingerprint density at radius 1 is 0.889 bits per heavy atom. The maximum Gasteiger partial charge on any atom is 0.328 e. The number of aliphatic hydroxyl groups is 2. The average Bonchev–Trinajstić information content (AvgIpc) is 3.27. The fraction of sp³-hybridized carbons (Fsp3) is 0.478. The lowest BCUT2D eigenvalue weighted by Crippen LogP contribution is -2.58. The molecule has 0 fully saturated rings. The van der Waals surface area contributed by atoms with Crippen LogP contribution in [0.5, 0.6) is 0 Å². The third-order valence-corrected chi connectivity index (χ3v) is 5.65. The lowest BCUT2D eigenvalue weighted by molar-refractivity contribution is -0.143. The summed E-state index contributed by atoms with van der Waals surface area (Å²) in [6.07, 6.45) is 3.25. The summed E-state index contributed by atoms with van der Waals surface area (Å²) in [6, 6.07) is 2.08. The monoisotopic (exact) mass is 506 g/mol. The lowest BCUT2D eigenvalue weighted by atomic mass is 10.0. The Morgan fingerprint density at radius 3 is 2.14 bits per heavy atom. The molecule has 1 aromatic heterocycles. The number of fused-ring (bicyclic) bond motifs is 1. The van der Waals surface area contributed by atoms with Gasteiger partial charge in [-0.25, -0.2) is 4.79 Å². The predicted octanol–water partition coefficient (Wildman–Crippen LogP) is -2.31. The molecule has 0 saturated heterocycles. The number of aromatic amines is 1. The second-order valence-electron chi connectivity index (χ2n) is 8.34. The van der Waals surface area contributed by atoms with Gasteiger partial charge in [-0.05, 0) is 31.0 Å². The Morgan fingerprint density at radius 2 is 1.50 bits per heavy atom. The molecule has 4 atom stereocenters. The maximum absolute atomic E-state index is 12.9. The largest absolute Gasteiger partial charge is 0.480 e. The van der Waals surface area contributed by atoms with Gasteiger partial charge in [-0.1, -0.05) is 24.6 Å². The van der Waals surface area contributed by atoms with E-state index in [-0.39, 0.29) is 6.42 Å². The van der Waals surface area contributed by atoms with E-state index < -0.39 is 61.1 Å². The molecule has 2 rings (SSSR count). The second-order valence-corrected chi connectivity index (χ2v) is 8.34. The van der Waals surface area contributed by atoms with Crippen molar-refractivity contribution in [2.75, 3.05) is 19.8 Å². The van der Waals surface area contributed by atoms with E-state index in [1.165, 1.54) is 0 Å². The number of nitrogens with one attached hydrogen (secondary N) is 4. The number of benzene rings is 1. The third kappa shape index (κ3) is 8.02. The molecule has 36 heavy (non-hydrogen) atoms. The highest BCUT2D eigenvalue weighted by molar-refractivity contribution is 5.95. The van der Waals surface area contributed by atoms with Crippen LogP contribution in [0.2, 0.25) is 0 Å². The standard InChI is InChI=1S/C23H34N6O7/c24-8-4-3-6-15(25)20(32)28-18(11-30)22(34)27-17(21(33)29-19(12-31)23(35)36)9-13-10-26-16-7-2-1-5-14(13)16/h1-2,5,7,10,15,17-19,26,30-31H,3-4,6,8-9,11-12,24-25H2,(H,27,34)(H,28,32)(H,29,33)(H,35,36). The molecule has 2 aromatic rings.